The van der Waals surface area contributed by atoms with Gasteiger partial charge < -0.3 is 11.1 Å². The smallest absolute Gasteiger partial charge is 0.224 e. The SMILES string of the molecule is NCCCCCC(=O)Nc1ccc(F)c(F)c1F. The van der Waals surface area contributed by atoms with Gasteiger partial charge in [-0.3, -0.25) is 4.79 Å². The van der Waals surface area contributed by atoms with Gasteiger partial charge in [-0.25, -0.2) is 13.2 Å². The number of anilines is 1. The minimum atomic E-state index is -1.59. The van der Waals surface area contributed by atoms with E-state index in [1.807, 2.05) is 0 Å². The molecule has 0 saturated carbocycles. The number of benzene rings is 1. The van der Waals surface area contributed by atoms with Crippen molar-refractivity contribution in [2.24, 2.45) is 5.73 Å². The first-order chi connectivity index (χ1) is 8.56. The van der Waals surface area contributed by atoms with Crippen molar-refractivity contribution in [2.75, 3.05) is 11.9 Å². The van der Waals surface area contributed by atoms with Crippen molar-refractivity contribution < 1.29 is 18.0 Å². The predicted octanol–water partition coefficient (Wildman–Crippen LogP) is 2.56. The molecule has 0 atom stereocenters. The van der Waals surface area contributed by atoms with Gasteiger partial charge in [-0.1, -0.05) is 6.42 Å². The van der Waals surface area contributed by atoms with Crippen LogP contribution in [0.2, 0.25) is 0 Å². The second-order valence-electron chi connectivity index (χ2n) is 3.87. The number of carbonyl (C=O) groups excluding carboxylic acids is 1. The zero-order chi connectivity index (χ0) is 13.5. The first kappa shape index (κ1) is 14.5. The van der Waals surface area contributed by atoms with Crippen molar-refractivity contribution in [2.45, 2.75) is 25.7 Å². The summed E-state index contributed by atoms with van der Waals surface area (Å²) in [5, 5.41) is 2.20. The number of hydrogen-bond acceptors (Lipinski definition) is 2. The van der Waals surface area contributed by atoms with Gasteiger partial charge in [-0.05, 0) is 31.5 Å². The maximum Gasteiger partial charge on any atom is 0.224 e. The van der Waals surface area contributed by atoms with E-state index in [2.05, 4.69) is 5.32 Å². The van der Waals surface area contributed by atoms with E-state index in [9.17, 15) is 18.0 Å². The molecule has 18 heavy (non-hydrogen) atoms. The summed E-state index contributed by atoms with van der Waals surface area (Å²) in [6.45, 7) is 0.555. The van der Waals surface area contributed by atoms with Crippen LogP contribution in [0.5, 0.6) is 0 Å². The number of halogens is 3. The molecule has 3 nitrogen and oxygen atoms in total. The third-order valence-electron chi connectivity index (χ3n) is 2.42. The number of hydrogen-bond donors (Lipinski definition) is 2. The topological polar surface area (TPSA) is 55.1 Å². The summed E-state index contributed by atoms with van der Waals surface area (Å²) in [7, 11) is 0. The molecule has 0 saturated heterocycles. The van der Waals surface area contributed by atoms with Gasteiger partial charge in [0.25, 0.3) is 0 Å². The van der Waals surface area contributed by atoms with Crippen LogP contribution < -0.4 is 11.1 Å². The molecule has 0 aliphatic heterocycles. The molecule has 1 aromatic carbocycles. The maximum absolute atomic E-state index is 13.2. The Kier molecular flexibility index (Phi) is 5.64. The molecule has 0 unspecified atom stereocenters. The van der Waals surface area contributed by atoms with Crippen LogP contribution in [0.4, 0.5) is 18.9 Å². The number of amides is 1. The predicted molar refractivity (Wildman–Crippen MR) is 62.5 cm³/mol. The fraction of sp³-hybridized carbons (Fsp3) is 0.417. The molecular formula is C12H15F3N2O. The van der Waals surface area contributed by atoms with E-state index in [1.165, 1.54) is 0 Å². The van der Waals surface area contributed by atoms with E-state index in [-0.39, 0.29) is 12.1 Å². The van der Waals surface area contributed by atoms with Crippen LogP contribution in [-0.4, -0.2) is 12.5 Å². The van der Waals surface area contributed by atoms with Crippen LogP contribution >= 0.6 is 0 Å². The van der Waals surface area contributed by atoms with Crippen LogP contribution in [0.3, 0.4) is 0 Å². The van der Waals surface area contributed by atoms with Crippen molar-refractivity contribution >= 4 is 11.6 Å². The third-order valence-corrected chi connectivity index (χ3v) is 2.42. The molecule has 1 amide bonds. The molecule has 1 aromatic rings. The average molecular weight is 260 g/mol. The number of nitrogens with two attached hydrogens (primary N) is 1. The monoisotopic (exact) mass is 260 g/mol. The molecule has 0 fully saturated rings. The van der Waals surface area contributed by atoms with Crippen LogP contribution in [0.25, 0.3) is 0 Å². The van der Waals surface area contributed by atoms with Crippen molar-refractivity contribution in [3.05, 3.63) is 29.6 Å². The summed E-state index contributed by atoms with van der Waals surface area (Å²) in [5.74, 6) is -4.69. The number of rotatable bonds is 6. The summed E-state index contributed by atoms with van der Waals surface area (Å²) in [4.78, 5) is 11.4. The second kappa shape index (κ2) is 7.00. The summed E-state index contributed by atoms with van der Waals surface area (Å²) in [5.41, 5.74) is 4.94. The minimum Gasteiger partial charge on any atom is -0.330 e. The molecule has 0 aliphatic rings. The highest BCUT2D eigenvalue weighted by Gasteiger charge is 2.14. The highest BCUT2D eigenvalue weighted by molar-refractivity contribution is 5.90. The standard InChI is InChI=1S/C12H15F3N2O/c13-8-5-6-9(12(15)11(8)14)17-10(18)4-2-1-3-7-16/h5-6H,1-4,7,16H2,(H,17,18). The average Bonchev–Trinajstić information content (AvgIpc) is 2.35. The normalized spacial score (nSPS) is 10.4. The third kappa shape index (κ3) is 4.03. The first-order valence-corrected chi connectivity index (χ1v) is 5.69. The number of carbonyl (C=O) groups is 1. The lowest BCUT2D eigenvalue weighted by atomic mass is 10.2. The van der Waals surface area contributed by atoms with Gasteiger partial charge in [-0.2, -0.15) is 0 Å². The highest BCUT2D eigenvalue weighted by Crippen LogP contribution is 2.19. The Labute approximate surface area is 103 Å². The van der Waals surface area contributed by atoms with Gasteiger partial charge in [0.2, 0.25) is 5.91 Å². The quantitative estimate of drug-likeness (QED) is 0.610. The van der Waals surface area contributed by atoms with Crippen LogP contribution in [0.15, 0.2) is 12.1 Å². The molecule has 3 N–H and O–H groups in total. The first-order valence-electron chi connectivity index (χ1n) is 5.69. The molecule has 0 aliphatic carbocycles. The zero-order valence-electron chi connectivity index (χ0n) is 9.81. The Morgan fingerprint density at radius 2 is 1.83 bits per heavy atom. The molecule has 0 heterocycles. The highest BCUT2D eigenvalue weighted by atomic mass is 19.2. The molecule has 0 bridgehead atoms. The maximum atomic E-state index is 13.2. The van der Waals surface area contributed by atoms with Gasteiger partial charge in [-0.15, -0.1) is 0 Å². The van der Waals surface area contributed by atoms with E-state index in [4.69, 9.17) is 5.73 Å². The van der Waals surface area contributed by atoms with Crippen molar-refractivity contribution in [1.82, 2.24) is 0 Å². The minimum absolute atomic E-state index is 0.193. The van der Waals surface area contributed by atoms with Crippen LogP contribution in [-0.2, 0) is 4.79 Å². The van der Waals surface area contributed by atoms with Gasteiger partial charge >= 0.3 is 0 Å². The van der Waals surface area contributed by atoms with Gasteiger partial charge in [0.1, 0.15) is 0 Å². The summed E-state index contributed by atoms with van der Waals surface area (Å²) < 4.78 is 38.7. The Balaban J connectivity index is 2.52. The second-order valence-corrected chi connectivity index (χ2v) is 3.87. The van der Waals surface area contributed by atoms with E-state index >= 15 is 0 Å². The molecule has 0 spiro atoms. The Morgan fingerprint density at radius 1 is 1.11 bits per heavy atom. The fourth-order valence-corrected chi connectivity index (χ4v) is 1.44. The number of nitrogens with one attached hydrogen (secondary N) is 1. The Bertz CT molecular complexity index is 424. The van der Waals surface area contributed by atoms with Crippen molar-refractivity contribution in [1.29, 1.82) is 0 Å². The van der Waals surface area contributed by atoms with E-state index in [0.717, 1.165) is 25.0 Å². The lowest BCUT2D eigenvalue weighted by Crippen LogP contribution is -2.13. The molecule has 0 radical (unpaired) electrons. The Morgan fingerprint density at radius 3 is 2.50 bits per heavy atom. The lowest BCUT2D eigenvalue weighted by molar-refractivity contribution is -0.116. The summed E-state index contributed by atoms with van der Waals surface area (Å²) in [6, 6.07) is 1.76. The van der Waals surface area contributed by atoms with Gasteiger partial charge in [0.15, 0.2) is 17.5 Å². The largest absolute Gasteiger partial charge is 0.330 e. The van der Waals surface area contributed by atoms with E-state index < -0.39 is 23.4 Å². The van der Waals surface area contributed by atoms with E-state index in [0.29, 0.717) is 13.0 Å². The Hall–Kier alpha value is -1.56. The molecule has 100 valence electrons. The molecule has 6 heteroatoms. The molecule has 1 rings (SSSR count). The van der Waals surface area contributed by atoms with Gasteiger partial charge in [0.05, 0.1) is 5.69 Å². The number of unbranched alkanes of at least 4 members (excludes halogenated alkanes) is 2. The summed E-state index contributed by atoms with van der Waals surface area (Å²) >= 11 is 0. The van der Waals surface area contributed by atoms with Gasteiger partial charge in [0, 0.05) is 6.42 Å². The molecule has 0 aromatic heterocycles. The van der Waals surface area contributed by atoms with E-state index in [1.54, 1.807) is 0 Å². The van der Waals surface area contributed by atoms with Crippen LogP contribution in [0.1, 0.15) is 25.7 Å². The lowest BCUT2D eigenvalue weighted by Gasteiger charge is -2.07. The van der Waals surface area contributed by atoms with Crippen LogP contribution in [0, 0.1) is 17.5 Å². The fourth-order valence-electron chi connectivity index (χ4n) is 1.44. The zero-order valence-corrected chi connectivity index (χ0v) is 9.81. The van der Waals surface area contributed by atoms with Crippen molar-refractivity contribution in [3.8, 4) is 0 Å². The van der Waals surface area contributed by atoms with Crippen molar-refractivity contribution in [3.63, 3.8) is 0 Å². The summed E-state index contributed by atoms with van der Waals surface area (Å²) in [6.07, 6.45) is 2.42. The molecular weight excluding hydrogens is 245 g/mol.